The van der Waals surface area contributed by atoms with Gasteiger partial charge in [0.1, 0.15) is 6.04 Å². The van der Waals surface area contributed by atoms with Gasteiger partial charge in [-0.2, -0.15) is 0 Å². The molecule has 0 heterocycles. The van der Waals surface area contributed by atoms with E-state index in [0.717, 1.165) is 32.1 Å². The molecule has 0 aromatic heterocycles. The monoisotopic (exact) mass is 368 g/mol. The van der Waals surface area contributed by atoms with Crippen molar-refractivity contribution >= 4 is 11.9 Å². The number of carboxylic acid groups (broad SMARTS) is 1. The fraction of sp³-hybridized carbons (Fsp3) is 0.810. The van der Waals surface area contributed by atoms with E-state index < -0.39 is 12.0 Å². The molecular formula is C21H40N2O3. The average molecular weight is 369 g/mol. The highest BCUT2D eigenvalue weighted by Crippen LogP contribution is 2.07. The fourth-order valence-corrected chi connectivity index (χ4v) is 2.85. The molecule has 26 heavy (non-hydrogen) atoms. The lowest BCUT2D eigenvalue weighted by molar-refractivity contribution is -0.142. The fourth-order valence-electron chi connectivity index (χ4n) is 2.85. The molecule has 152 valence electrons. The summed E-state index contributed by atoms with van der Waals surface area (Å²) in [7, 11) is 3.56. The number of hydrogen-bond acceptors (Lipinski definition) is 3. The quantitative estimate of drug-likeness (QED) is 0.295. The number of nitrogens with zero attached hydrogens (tertiary/aromatic N) is 1. The summed E-state index contributed by atoms with van der Waals surface area (Å²) in [6.07, 6.45) is 16.8. The topological polar surface area (TPSA) is 69.6 Å². The summed E-state index contributed by atoms with van der Waals surface area (Å²) < 4.78 is 0. The minimum atomic E-state index is -0.783. The van der Waals surface area contributed by atoms with E-state index in [0.29, 0.717) is 19.4 Å². The van der Waals surface area contributed by atoms with E-state index in [1.54, 1.807) is 19.0 Å². The molecule has 5 nitrogen and oxygen atoms in total. The number of carbonyl (C=O) groups excluding carboxylic acids is 1. The summed E-state index contributed by atoms with van der Waals surface area (Å²) in [6, 6.07) is -0.439. The molecule has 0 saturated carbocycles. The van der Waals surface area contributed by atoms with Crippen molar-refractivity contribution in [2.45, 2.75) is 90.0 Å². The van der Waals surface area contributed by atoms with Crippen molar-refractivity contribution in [1.29, 1.82) is 0 Å². The van der Waals surface area contributed by atoms with Gasteiger partial charge in [-0.1, -0.05) is 38.3 Å². The maximum Gasteiger partial charge on any atom is 0.320 e. The van der Waals surface area contributed by atoms with Crippen molar-refractivity contribution in [2.75, 3.05) is 20.6 Å². The van der Waals surface area contributed by atoms with Gasteiger partial charge in [0.2, 0.25) is 5.91 Å². The summed E-state index contributed by atoms with van der Waals surface area (Å²) in [5.41, 5.74) is 0. The number of likely N-dealkylation sites (N-methyl/N-ethyl adjacent to an activating group) is 1. The number of rotatable bonds is 17. The van der Waals surface area contributed by atoms with E-state index in [4.69, 9.17) is 5.11 Å². The van der Waals surface area contributed by atoms with E-state index in [9.17, 15) is 9.59 Å². The first-order chi connectivity index (χ1) is 12.5. The third kappa shape index (κ3) is 14.9. The van der Waals surface area contributed by atoms with Crippen LogP contribution in [0.5, 0.6) is 0 Å². The third-order valence-electron chi connectivity index (χ3n) is 4.55. The summed E-state index contributed by atoms with van der Waals surface area (Å²) in [5.74, 6) is -0.676. The van der Waals surface area contributed by atoms with Gasteiger partial charge in [-0.3, -0.25) is 14.5 Å². The SMILES string of the molecule is CCCCCC/C=C/CCCCC(=O)NCCCC[C@@H](C(=O)O)N(C)C. The maximum atomic E-state index is 11.8. The van der Waals surface area contributed by atoms with Crippen molar-refractivity contribution in [2.24, 2.45) is 0 Å². The maximum absolute atomic E-state index is 11.8. The van der Waals surface area contributed by atoms with Crippen molar-refractivity contribution in [1.82, 2.24) is 10.2 Å². The van der Waals surface area contributed by atoms with Crippen molar-refractivity contribution in [3.05, 3.63) is 12.2 Å². The van der Waals surface area contributed by atoms with Gasteiger partial charge in [0.25, 0.3) is 0 Å². The number of carboxylic acids is 1. The van der Waals surface area contributed by atoms with Crippen LogP contribution < -0.4 is 5.32 Å². The molecule has 2 N–H and O–H groups in total. The van der Waals surface area contributed by atoms with Gasteiger partial charge in [-0.15, -0.1) is 0 Å². The molecule has 0 aromatic carbocycles. The van der Waals surface area contributed by atoms with Gasteiger partial charge < -0.3 is 10.4 Å². The average Bonchev–Trinajstić information content (AvgIpc) is 2.58. The van der Waals surface area contributed by atoms with E-state index in [1.807, 2.05) is 0 Å². The van der Waals surface area contributed by atoms with Crippen LogP contribution in [-0.2, 0) is 9.59 Å². The van der Waals surface area contributed by atoms with Crippen LogP contribution >= 0.6 is 0 Å². The lowest BCUT2D eigenvalue weighted by Gasteiger charge is -2.19. The zero-order chi connectivity index (χ0) is 19.6. The first-order valence-corrected chi connectivity index (χ1v) is 10.3. The Hall–Kier alpha value is -1.36. The Balaban J connectivity index is 3.50. The van der Waals surface area contributed by atoms with Gasteiger partial charge in [0.15, 0.2) is 0 Å². The van der Waals surface area contributed by atoms with Gasteiger partial charge in [0, 0.05) is 13.0 Å². The molecule has 1 atom stereocenters. The smallest absolute Gasteiger partial charge is 0.320 e. The number of amides is 1. The minimum Gasteiger partial charge on any atom is -0.480 e. The summed E-state index contributed by atoms with van der Waals surface area (Å²) >= 11 is 0. The van der Waals surface area contributed by atoms with E-state index in [1.165, 1.54) is 32.1 Å². The van der Waals surface area contributed by atoms with Crippen LogP contribution in [0.2, 0.25) is 0 Å². The molecule has 0 aliphatic carbocycles. The highest BCUT2D eigenvalue weighted by Gasteiger charge is 2.18. The van der Waals surface area contributed by atoms with Gasteiger partial charge in [-0.05, 0) is 65.5 Å². The normalized spacial score (nSPS) is 12.6. The van der Waals surface area contributed by atoms with Crippen LogP contribution in [0, 0.1) is 0 Å². The third-order valence-corrected chi connectivity index (χ3v) is 4.55. The summed E-state index contributed by atoms with van der Waals surface area (Å²) in [4.78, 5) is 24.6. The number of aliphatic carboxylic acids is 1. The molecule has 5 heteroatoms. The second-order valence-corrected chi connectivity index (χ2v) is 7.23. The Kier molecular flexibility index (Phi) is 16.2. The van der Waals surface area contributed by atoms with Crippen LogP contribution in [0.25, 0.3) is 0 Å². The molecule has 0 fully saturated rings. The predicted octanol–water partition coefficient (Wildman–Crippen LogP) is 4.37. The largest absolute Gasteiger partial charge is 0.480 e. The summed E-state index contributed by atoms with van der Waals surface area (Å²) in [5, 5.41) is 12.0. The van der Waals surface area contributed by atoms with E-state index in [-0.39, 0.29) is 5.91 Å². The second kappa shape index (κ2) is 17.1. The Labute approximate surface area is 160 Å². The predicted molar refractivity (Wildman–Crippen MR) is 108 cm³/mol. The Morgan fingerprint density at radius 3 is 2.19 bits per heavy atom. The Morgan fingerprint density at radius 1 is 0.962 bits per heavy atom. The zero-order valence-electron chi connectivity index (χ0n) is 17.1. The first kappa shape index (κ1) is 24.6. The minimum absolute atomic E-state index is 0.107. The van der Waals surface area contributed by atoms with Crippen LogP contribution in [-0.4, -0.2) is 48.6 Å². The molecule has 0 aliphatic rings. The number of allylic oxidation sites excluding steroid dienone is 2. The van der Waals surface area contributed by atoms with Crippen LogP contribution in [0.1, 0.15) is 84.0 Å². The molecule has 1 amide bonds. The molecule has 0 bridgehead atoms. The standard InChI is InChI=1S/C21H40N2O3/c1-4-5-6-7-8-9-10-11-12-13-17-20(24)22-18-15-14-16-19(21(25)26)23(2)3/h9-10,19H,4-8,11-18H2,1-3H3,(H,22,24)(H,25,26)/b10-9+/t19-/m0/s1. The first-order valence-electron chi connectivity index (χ1n) is 10.3. The number of nitrogens with one attached hydrogen (secondary N) is 1. The van der Waals surface area contributed by atoms with E-state index in [2.05, 4.69) is 24.4 Å². The molecule has 0 aromatic rings. The van der Waals surface area contributed by atoms with Crippen LogP contribution in [0.3, 0.4) is 0 Å². The van der Waals surface area contributed by atoms with Gasteiger partial charge in [-0.25, -0.2) is 0 Å². The number of unbranched alkanes of at least 4 members (excludes halogenated alkanes) is 7. The van der Waals surface area contributed by atoms with Crippen molar-refractivity contribution in [3.63, 3.8) is 0 Å². The van der Waals surface area contributed by atoms with Crippen molar-refractivity contribution < 1.29 is 14.7 Å². The van der Waals surface area contributed by atoms with Gasteiger partial charge in [0.05, 0.1) is 0 Å². The highest BCUT2D eigenvalue weighted by molar-refractivity contribution is 5.75. The van der Waals surface area contributed by atoms with Crippen LogP contribution in [0.4, 0.5) is 0 Å². The lowest BCUT2D eigenvalue weighted by atomic mass is 10.1. The van der Waals surface area contributed by atoms with Gasteiger partial charge >= 0.3 is 5.97 Å². The number of carbonyl (C=O) groups is 2. The molecular weight excluding hydrogens is 328 g/mol. The van der Waals surface area contributed by atoms with E-state index >= 15 is 0 Å². The molecule has 0 radical (unpaired) electrons. The van der Waals surface area contributed by atoms with Crippen LogP contribution in [0.15, 0.2) is 12.2 Å². The molecule has 0 unspecified atom stereocenters. The summed E-state index contributed by atoms with van der Waals surface area (Å²) in [6.45, 7) is 2.86. The second-order valence-electron chi connectivity index (χ2n) is 7.23. The zero-order valence-corrected chi connectivity index (χ0v) is 17.1. The molecule has 0 spiro atoms. The lowest BCUT2D eigenvalue weighted by Crippen LogP contribution is -2.35. The number of hydrogen-bond donors (Lipinski definition) is 2. The Morgan fingerprint density at radius 2 is 1.62 bits per heavy atom. The highest BCUT2D eigenvalue weighted by atomic mass is 16.4. The molecule has 0 saturated heterocycles. The van der Waals surface area contributed by atoms with Crippen molar-refractivity contribution in [3.8, 4) is 0 Å². The molecule has 0 aliphatic heterocycles. The molecule has 0 rings (SSSR count). The Bertz CT molecular complexity index is 395.